The topological polar surface area (TPSA) is 50.4 Å². The number of carbonyl (C=O) groups excluding carboxylic acids is 1. The predicted octanol–water partition coefficient (Wildman–Crippen LogP) is 5.05. The van der Waals surface area contributed by atoms with Crippen LogP contribution in [0.2, 0.25) is 0 Å². The highest BCUT2D eigenvalue weighted by Gasteiger charge is 2.09. The third-order valence-corrected chi connectivity index (χ3v) is 4.69. The van der Waals surface area contributed by atoms with Gasteiger partial charge in [-0.1, -0.05) is 42.5 Å². The number of anilines is 1. The van der Waals surface area contributed by atoms with Crippen LogP contribution in [0.25, 0.3) is 0 Å². The van der Waals surface area contributed by atoms with Crippen LogP contribution >= 0.6 is 12.2 Å². The number of hydrogen-bond donors (Lipinski definition) is 2. The van der Waals surface area contributed by atoms with Crippen LogP contribution in [-0.4, -0.2) is 17.6 Å². The van der Waals surface area contributed by atoms with Crippen molar-refractivity contribution in [2.75, 3.05) is 11.9 Å². The van der Waals surface area contributed by atoms with Crippen molar-refractivity contribution in [3.05, 3.63) is 95.1 Å². The smallest absolute Gasteiger partial charge is 0.257 e. The Morgan fingerprint density at radius 1 is 0.966 bits per heavy atom. The number of nitrogens with one attached hydrogen (secondary N) is 2. The molecule has 0 aliphatic heterocycles. The Hall–Kier alpha value is -3.18. The van der Waals surface area contributed by atoms with Crippen LogP contribution in [0, 0.1) is 13.8 Å². The van der Waals surface area contributed by atoms with Gasteiger partial charge in [0.1, 0.15) is 5.75 Å². The molecular weight excluding hydrogens is 380 g/mol. The molecule has 0 aliphatic carbocycles. The summed E-state index contributed by atoms with van der Waals surface area (Å²) in [4.78, 5) is 12.4. The number of ether oxygens (including phenoxy) is 1. The molecule has 3 aromatic rings. The van der Waals surface area contributed by atoms with Gasteiger partial charge in [-0.3, -0.25) is 10.1 Å². The zero-order valence-electron chi connectivity index (χ0n) is 16.6. The summed E-state index contributed by atoms with van der Waals surface area (Å²) in [5, 5.41) is 6.07. The molecule has 2 N–H and O–H groups in total. The number of thiocarbonyl (C=S) groups is 1. The van der Waals surface area contributed by atoms with Crippen LogP contribution in [0.1, 0.15) is 27.0 Å². The molecule has 4 nitrogen and oxygen atoms in total. The molecule has 0 fully saturated rings. The maximum atomic E-state index is 12.4. The fourth-order valence-electron chi connectivity index (χ4n) is 2.83. The average Bonchev–Trinajstić information content (AvgIpc) is 2.72. The van der Waals surface area contributed by atoms with E-state index in [1.165, 1.54) is 5.56 Å². The van der Waals surface area contributed by atoms with Crippen molar-refractivity contribution in [1.29, 1.82) is 0 Å². The third-order valence-electron chi connectivity index (χ3n) is 4.49. The molecule has 0 saturated carbocycles. The quantitative estimate of drug-likeness (QED) is 0.565. The number of amides is 1. The highest BCUT2D eigenvalue weighted by atomic mass is 32.1. The number of benzene rings is 3. The SMILES string of the molecule is Cc1ccc(C)c(NC(=S)NC(=O)c2ccc(OCCc3ccccc3)cc2)c1. The summed E-state index contributed by atoms with van der Waals surface area (Å²) in [6.07, 6.45) is 0.835. The van der Waals surface area contributed by atoms with E-state index in [1.807, 2.05) is 50.2 Å². The maximum absolute atomic E-state index is 12.4. The zero-order valence-corrected chi connectivity index (χ0v) is 17.4. The molecule has 0 unspecified atom stereocenters. The standard InChI is InChI=1S/C24H24N2O2S/c1-17-8-9-18(2)22(16-17)25-24(29)26-23(27)20-10-12-21(13-11-20)28-15-14-19-6-4-3-5-7-19/h3-13,16H,14-15H2,1-2H3,(H2,25,26,27,29). The molecule has 0 spiro atoms. The summed E-state index contributed by atoms with van der Waals surface area (Å²) in [5.74, 6) is 0.470. The monoisotopic (exact) mass is 404 g/mol. The van der Waals surface area contributed by atoms with Crippen LogP contribution in [0.3, 0.4) is 0 Å². The van der Waals surface area contributed by atoms with Gasteiger partial charge in [0.05, 0.1) is 6.61 Å². The van der Waals surface area contributed by atoms with Gasteiger partial charge in [0, 0.05) is 17.7 Å². The first-order chi connectivity index (χ1) is 14.0. The van der Waals surface area contributed by atoms with Gasteiger partial charge in [0.15, 0.2) is 5.11 Å². The number of rotatable bonds is 6. The summed E-state index contributed by atoms with van der Waals surface area (Å²) in [6, 6.07) is 23.3. The van der Waals surface area contributed by atoms with Crippen molar-refractivity contribution < 1.29 is 9.53 Å². The Bertz CT molecular complexity index is 986. The van der Waals surface area contributed by atoms with Gasteiger partial charge in [-0.25, -0.2) is 0 Å². The van der Waals surface area contributed by atoms with Gasteiger partial charge in [-0.2, -0.15) is 0 Å². The fraction of sp³-hybridized carbons (Fsp3) is 0.167. The summed E-state index contributed by atoms with van der Waals surface area (Å²) in [5.41, 5.74) is 4.82. The van der Waals surface area contributed by atoms with Crippen molar-refractivity contribution in [2.24, 2.45) is 0 Å². The Kier molecular flexibility index (Phi) is 6.98. The summed E-state index contributed by atoms with van der Waals surface area (Å²) in [6.45, 7) is 4.58. The molecule has 0 aromatic heterocycles. The van der Waals surface area contributed by atoms with Crippen LogP contribution in [0.4, 0.5) is 5.69 Å². The van der Waals surface area contributed by atoms with Crippen molar-refractivity contribution in [3.8, 4) is 5.75 Å². The average molecular weight is 405 g/mol. The van der Waals surface area contributed by atoms with Crippen LogP contribution in [0.15, 0.2) is 72.8 Å². The van der Waals surface area contributed by atoms with E-state index in [1.54, 1.807) is 24.3 Å². The van der Waals surface area contributed by atoms with Gasteiger partial charge < -0.3 is 10.1 Å². The van der Waals surface area contributed by atoms with Gasteiger partial charge in [0.25, 0.3) is 5.91 Å². The lowest BCUT2D eigenvalue weighted by Gasteiger charge is -2.12. The lowest BCUT2D eigenvalue weighted by atomic mass is 10.1. The highest BCUT2D eigenvalue weighted by Crippen LogP contribution is 2.16. The van der Waals surface area contributed by atoms with Gasteiger partial charge in [-0.05, 0) is 73.1 Å². The first-order valence-electron chi connectivity index (χ1n) is 9.47. The number of aryl methyl sites for hydroxylation is 2. The molecular formula is C24H24N2O2S. The molecule has 0 aliphatic rings. The number of hydrogen-bond acceptors (Lipinski definition) is 3. The molecule has 148 valence electrons. The molecule has 0 radical (unpaired) electrons. The van der Waals surface area contributed by atoms with E-state index in [9.17, 15) is 4.79 Å². The molecule has 0 saturated heterocycles. The zero-order chi connectivity index (χ0) is 20.6. The van der Waals surface area contributed by atoms with E-state index >= 15 is 0 Å². The van der Waals surface area contributed by atoms with E-state index in [-0.39, 0.29) is 11.0 Å². The van der Waals surface area contributed by atoms with E-state index in [4.69, 9.17) is 17.0 Å². The Balaban J connectivity index is 1.50. The molecule has 1 amide bonds. The lowest BCUT2D eigenvalue weighted by molar-refractivity contribution is 0.0977. The minimum Gasteiger partial charge on any atom is -0.493 e. The summed E-state index contributed by atoms with van der Waals surface area (Å²) >= 11 is 5.28. The Labute approximate surface area is 176 Å². The second-order valence-corrected chi connectivity index (χ2v) is 7.24. The van der Waals surface area contributed by atoms with E-state index in [0.717, 1.165) is 29.0 Å². The molecule has 5 heteroatoms. The molecule has 3 rings (SSSR count). The van der Waals surface area contributed by atoms with E-state index in [0.29, 0.717) is 12.2 Å². The summed E-state index contributed by atoms with van der Waals surface area (Å²) < 4.78 is 5.76. The second-order valence-electron chi connectivity index (χ2n) is 6.84. The van der Waals surface area contributed by atoms with Gasteiger partial charge >= 0.3 is 0 Å². The normalized spacial score (nSPS) is 10.3. The summed E-state index contributed by atoms with van der Waals surface area (Å²) in [7, 11) is 0. The van der Waals surface area contributed by atoms with E-state index in [2.05, 4.69) is 22.8 Å². The fourth-order valence-corrected chi connectivity index (χ4v) is 3.04. The van der Waals surface area contributed by atoms with Crippen LogP contribution in [-0.2, 0) is 6.42 Å². The van der Waals surface area contributed by atoms with Gasteiger partial charge in [-0.15, -0.1) is 0 Å². The largest absolute Gasteiger partial charge is 0.493 e. The van der Waals surface area contributed by atoms with Crippen molar-refractivity contribution in [1.82, 2.24) is 5.32 Å². The molecule has 0 atom stereocenters. The minimum absolute atomic E-state index is 0.261. The van der Waals surface area contributed by atoms with Crippen LogP contribution in [0.5, 0.6) is 5.75 Å². The maximum Gasteiger partial charge on any atom is 0.257 e. The van der Waals surface area contributed by atoms with Crippen molar-refractivity contribution in [2.45, 2.75) is 20.3 Å². The first kappa shape index (κ1) is 20.6. The molecule has 3 aromatic carbocycles. The minimum atomic E-state index is -0.261. The Morgan fingerprint density at radius 2 is 1.69 bits per heavy atom. The lowest BCUT2D eigenvalue weighted by Crippen LogP contribution is -2.34. The van der Waals surface area contributed by atoms with Crippen LogP contribution < -0.4 is 15.4 Å². The molecule has 29 heavy (non-hydrogen) atoms. The van der Waals surface area contributed by atoms with Gasteiger partial charge in [0.2, 0.25) is 0 Å². The second kappa shape index (κ2) is 9.85. The van der Waals surface area contributed by atoms with Crippen molar-refractivity contribution in [3.63, 3.8) is 0 Å². The Morgan fingerprint density at radius 3 is 2.41 bits per heavy atom. The molecule has 0 heterocycles. The highest BCUT2D eigenvalue weighted by molar-refractivity contribution is 7.80. The van der Waals surface area contributed by atoms with Crippen molar-refractivity contribution >= 4 is 28.9 Å². The number of carbonyl (C=O) groups is 1. The molecule has 0 bridgehead atoms. The predicted molar refractivity (Wildman–Crippen MR) is 122 cm³/mol. The van der Waals surface area contributed by atoms with E-state index < -0.39 is 0 Å². The third kappa shape index (κ3) is 6.16. The first-order valence-corrected chi connectivity index (χ1v) is 9.88.